The van der Waals surface area contributed by atoms with Crippen LogP contribution in [0.2, 0.25) is 0 Å². The summed E-state index contributed by atoms with van der Waals surface area (Å²) in [6.45, 7) is 6.48. The normalized spacial score (nSPS) is 10.6. The number of pyridine rings is 1. The lowest BCUT2D eigenvalue weighted by Gasteiger charge is -2.02. The summed E-state index contributed by atoms with van der Waals surface area (Å²) in [5.74, 6) is 0.542. The van der Waals surface area contributed by atoms with E-state index in [2.05, 4.69) is 38.0 Å². The Labute approximate surface area is 85.6 Å². The molecule has 2 aromatic heterocycles. The van der Waals surface area contributed by atoms with E-state index in [-0.39, 0.29) is 7.43 Å². The lowest BCUT2D eigenvalue weighted by atomic mass is 10.0. The number of hydrogen-bond acceptors (Lipinski definition) is 1. The molecule has 14 heavy (non-hydrogen) atoms. The summed E-state index contributed by atoms with van der Waals surface area (Å²) in [7, 11) is 0. The monoisotopic (exact) mass is 190 g/mol. The van der Waals surface area contributed by atoms with Crippen molar-refractivity contribution in [2.24, 2.45) is 0 Å². The molecule has 0 aliphatic heterocycles. The predicted octanol–water partition coefficient (Wildman–Crippen LogP) is 3.40. The van der Waals surface area contributed by atoms with E-state index in [9.17, 15) is 0 Å². The van der Waals surface area contributed by atoms with Gasteiger partial charge in [0.15, 0.2) is 0 Å². The first-order valence-electron chi connectivity index (χ1n) is 4.64. The minimum Gasteiger partial charge on any atom is -0.240 e. The van der Waals surface area contributed by atoms with Crippen molar-refractivity contribution in [2.45, 2.75) is 34.1 Å². The van der Waals surface area contributed by atoms with Crippen LogP contribution < -0.4 is 0 Å². The molecular formula is C12H18N2. The zero-order valence-electron chi connectivity index (χ0n) is 8.28. The third kappa shape index (κ3) is 1.52. The highest BCUT2D eigenvalue weighted by Gasteiger charge is 2.10. The van der Waals surface area contributed by atoms with Crippen LogP contribution >= 0.6 is 0 Å². The number of fused-ring (bicyclic) bond motifs is 1. The van der Waals surface area contributed by atoms with E-state index in [0.29, 0.717) is 5.92 Å². The smallest absolute Gasteiger partial charge is 0.0698 e. The Morgan fingerprint density at radius 2 is 2.00 bits per heavy atom. The van der Waals surface area contributed by atoms with Crippen LogP contribution in [-0.4, -0.2) is 9.61 Å². The number of aromatic nitrogens is 2. The van der Waals surface area contributed by atoms with Crippen molar-refractivity contribution >= 4 is 5.52 Å². The molecular weight excluding hydrogens is 172 g/mol. The Kier molecular flexibility index (Phi) is 2.94. The third-order valence-corrected chi connectivity index (χ3v) is 2.34. The van der Waals surface area contributed by atoms with Crippen LogP contribution in [0.1, 0.15) is 38.4 Å². The topological polar surface area (TPSA) is 17.3 Å². The fourth-order valence-electron chi connectivity index (χ4n) is 1.85. The summed E-state index contributed by atoms with van der Waals surface area (Å²) in [5.41, 5.74) is 3.73. The quantitative estimate of drug-likeness (QED) is 0.673. The molecule has 0 aliphatic carbocycles. The maximum absolute atomic E-state index is 4.45. The second-order valence-corrected chi connectivity index (χ2v) is 3.68. The first kappa shape index (κ1) is 10.8. The van der Waals surface area contributed by atoms with E-state index in [4.69, 9.17) is 0 Å². The van der Waals surface area contributed by atoms with Gasteiger partial charge < -0.3 is 0 Å². The largest absolute Gasteiger partial charge is 0.240 e. The first-order valence-corrected chi connectivity index (χ1v) is 4.64. The average Bonchev–Trinajstić information content (AvgIpc) is 2.39. The Morgan fingerprint density at radius 1 is 1.29 bits per heavy atom. The van der Waals surface area contributed by atoms with Crippen LogP contribution in [0, 0.1) is 6.92 Å². The Morgan fingerprint density at radius 3 is 2.64 bits per heavy atom. The molecule has 2 heteroatoms. The van der Waals surface area contributed by atoms with Crippen LogP contribution in [0.4, 0.5) is 0 Å². The third-order valence-electron chi connectivity index (χ3n) is 2.34. The molecule has 76 valence electrons. The van der Waals surface area contributed by atoms with Gasteiger partial charge in [0.05, 0.1) is 11.2 Å². The predicted molar refractivity (Wildman–Crippen MR) is 60.7 cm³/mol. The molecule has 2 heterocycles. The number of nitrogens with zero attached hydrogens (tertiary/aromatic N) is 2. The molecule has 0 saturated heterocycles. The van der Waals surface area contributed by atoms with E-state index < -0.39 is 0 Å². The van der Waals surface area contributed by atoms with Crippen LogP contribution in [0.15, 0.2) is 24.4 Å². The second-order valence-electron chi connectivity index (χ2n) is 3.68. The highest BCUT2D eigenvalue weighted by Crippen LogP contribution is 2.23. The van der Waals surface area contributed by atoms with Crippen molar-refractivity contribution in [1.82, 2.24) is 9.61 Å². The molecule has 2 rings (SSSR count). The summed E-state index contributed by atoms with van der Waals surface area (Å²) in [6.07, 6.45) is 1.99. The van der Waals surface area contributed by atoms with Gasteiger partial charge in [-0.15, -0.1) is 0 Å². The van der Waals surface area contributed by atoms with E-state index in [1.807, 2.05) is 16.8 Å². The molecule has 0 saturated carbocycles. The fraction of sp³-hybridized carbons (Fsp3) is 0.417. The van der Waals surface area contributed by atoms with Crippen LogP contribution in [0.25, 0.3) is 5.52 Å². The van der Waals surface area contributed by atoms with Crippen molar-refractivity contribution in [3.05, 3.63) is 35.7 Å². The molecule has 0 fully saturated rings. The van der Waals surface area contributed by atoms with Crippen LogP contribution in [-0.2, 0) is 0 Å². The molecule has 0 aromatic carbocycles. The van der Waals surface area contributed by atoms with Crippen molar-refractivity contribution in [3.63, 3.8) is 0 Å². The zero-order valence-corrected chi connectivity index (χ0v) is 8.28. The van der Waals surface area contributed by atoms with Crippen molar-refractivity contribution in [2.75, 3.05) is 0 Å². The molecule has 0 atom stereocenters. The van der Waals surface area contributed by atoms with E-state index in [1.54, 1.807) is 0 Å². The summed E-state index contributed by atoms with van der Waals surface area (Å²) in [5, 5.41) is 4.45. The van der Waals surface area contributed by atoms with Gasteiger partial charge in [-0.2, -0.15) is 5.10 Å². The molecule has 0 N–H and O–H groups in total. The summed E-state index contributed by atoms with van der Waals surface area (Å²) in [4.78, 5) is 0. The van der Waals surface area contributed by atoms with E-state index >= 15 is 0 Å². The maximum atomic E-state index is 4.45. The fourth-order valence-corrected chi connectivity index (χ4v) is 1.85. The molecule has 0 radical (unpaired) electrons. The number of rotatable bonds is 1. The van der Waals surface area contributed by atoms with Gasteiger partial charge in [-0.25, -0.2) is 4.52 Å². The molecule has 0 bridgehead atoms. The zero-order chi connectivity index (χ0) is 9.42. The Bertz CT molecular complexity index is 427. The van der Waals surface area contributed by atoms with Gasteiger partial charge in [0.25, 0.3) is 0 Å². The SMILES string of the molecule is C.Cc1nn2ccccc2c1C(C)C. The maximum Gasteiger partial charge on any atom is 0.0698 e. The van der Waals surface area contributed by atoms with Crippen molar-refractivity contribution in [1.29, 1.82) is 0 Å². The van der Waals surface area contributed by atoms with Gasteiger partial charge in [0, 0.05) is 11.8 Å². The number of hydrogen-bond donors (Lipinski definition) is 0. The molecule has 0 spiro atoms. The lowest BCUT2D eigenvalue weighted by molar-refractivity contribution is 0.862. The Hall–Kier alpha value is -1.31. The minimum absolute atomic E-state index is 0. The van der Waals surface area contributed by atoms with Gasteiger partial charge in [-0.05, 0) is 25.0 Å². The van der Waals surface area contributed by atoms with Gasteiger partial charge >= 0.3 is 0 Å². The first-order chi connectivity index (χ1) is 6.20. The molecule has 2 nitrogen and oxygen atoms in total. The second kappa shape index (κ2) is 3.82. The van der Waals surface area contributed by atoms with Gasteiger partial charge in [0.1, 0.15) is 0 Å². The molecule has 0 aliphatic rings. The van der Waals surface area contributed by atoms with Crippen LogP contribution in [0.5, 0.6) is 0 Å². The molecule has 2 aromatic rings. The average molecular weight is 190 g/mol. The van der Waals surface area contributed by atoms with E-state index in [0.717, 1.165) is 5.69 Å². The van der Waals surface area contributed by atoms with Gasteiger partial charge in [0.2, 0.25) is 0 Å². The number of aryl methyl sites for hydroxylation is 1. The van der Waals surface area contributed by atoms with Gasteiger partial charge in [-0.1, -0.05) is 27.3 Å². The highest BCUT2D eigenvalue weighted by atomic mass is 15.2. The van der Waals surface area contributed by atoms with Crippen molar-refractivity contribution in [3.8, 4) is 0 Å². The Balaban J connectivity index is 0.000000980. The van der Waals surface area contributed by atoms with Crippen molar-refractivity contribution < 1.29 is 0 Å². The minimum atomic E-state index is 0. The van der Waals surface area contributed by atoms with Crippen LogP contribution in [0.3, 0.4) is 0 Å². The van der Waals surface area contributed by atoms with Gasteiger partial charge in [-0.3, -0.25) is 0 Å². The lowest BCUT2D eigenvalue weighted by Crippen LogP contribution is -1.88. The highest BCUT2D eigenvalue weighted by molar-refractivity contribution is 5.57. The van der Waals surface area contributed by atoms with E-state index in [1.165, 1.54) is 11.1 Å². The summed E-state index contributed by atoms with van der Waals surface area (Å²) < 4.78 is 1.95. The molecule has 0 unspecified atom stereocenters. The summed E-state index contributed by atoms with van der Waals surface area (Å²) in [6, 6.07) is 6.18. The standard InChI is InChI=1S/C11H14N2.CH4/c1-8(2)11-9(3)12-13-7-5-4-6-10(11)13;/h4-8H,1-3H3;1H4. The molecule has 0 amide bonds. The summed E-state index contributed by atoms with van der Waals surface area (Å²) >= 11 is 0.